The molecule has 18 heavy (non-hydrogen) atoms. The highest BCUT2D eigenvalue weighted by Gasteiger charge is 2.15. The second kappa shape index (κ2) is 6.72. The van der Waals surface area contributed by atoms with Gasteiger partial charge in [0.25, 0.3) is 0 Å². The fourth-order valence-corrected chi connectivity index (χ4v) is 2.58. The van der Waals surface area contributed by atoms with Crippen molar-refractivity contribution < 1.29 is 8.42 Å². The first-order chi connectivity index (χ1) is 8.51. The summed E-state index contributed by atoms with van der Waals surface area (Å²) in [7, 11) is -2.04. The van der Waals surface area contributed by atoms with Crippen molar-refractivity contribution in [3.63, 3.8) is 0 Å². The van der Waals surface area contributed by atoms with Gasteiger partial charge in [0.15, 0.2) is 0 Å². The third-order valence-corrected chi connectivity index (χ3v) is 4.13. The number of anilines is 1. The standard InChI is InChI=1S/C12H21N3O2S/c1-3-6-10(13)9-15-11-7-4-5-8-12(11)18(16,17)14-2/h4-5,7-8,10,14-15H,3,6,9,13H2,1-2H3. The predicted octanol–water partition coefficient (Wildman–Crippen LogP) is 1.13. The van der Waals surface area contributed by atoms with Gasteiger partial charge in [0, 0.05) is 12.6 Å². The second-order valence-corrected chi connectivity index (χ2v) is 5.99. The molecule has 0 heterocycles. The first-order valence-electron chi connectivity index (χ1n) is 6.03. The molecular formula is C12H21N3O2S. The van der Waals surface area contributed by atoms with Crippen LogP contribution in [-0.4, -0.2) is 28.1 Å². The molecule has 1 aromatic rings. The molecule has 1 atom stereocenters. The SMILES string of the molecule is CCCC(N)CNc1ccccc1S(=O)(=O)NC. The molecule has 0 spiro atoms. The van der Waals surface area contributed by atoms with E-state index in [4.69, 9.17) is 5.73 Å². The highest BCUT2D eigenvalue weighted by Crippen LogP contribution is 2.20. The fourth-order valence-electron chi connectivity index (χ4n) is 1.67. The number of nitrogens with one attached hydrogen (secondary N) is 2. The van der Waals surface area contributed by atoms with Gasteiger partial charge in [-0.25, -0.2) is 13.1 Å². The predicted molar refractivity (Wildman–Crippen MR) is 74.1 cm³/mol. The van der Waals surface area contributed by atoms with Crippen LogP contribution in [0.1, 0.15) is 19.8 Å². The van der Waals surface area contributed by atoms with Gasteiger partial charge in [0.2, 0.25) is 10.0 Å². The molecule has 1 unspecified atom stereocenters. The summed E-state index contributed by atoms with van der Waals surface area (Å²) in [6, 6.07) is 6.83. The molecule has 1 rings (SSSR count). The van der Waals surface area contributed by atoms with Gasteiger partial charge in [0.05, 0.1) is 5.69 Å². The highest BCUT2D eigenvalue weighted by atomic mass is 32.2. The number of benzene rings is 1. The lowest BCUT2D eigenvalue weighted by Crippen LogP contribution is -2.29. The molecule has 0 radical (unpaired) electrons. The van der Waals surface area contributed by atoms with Crippen molar-refractivity contribution in [3.8, 4) is 0 Å². The van der Waals surface area contributed by atoms with E-state index in [9.17, 15) is 8.42 Å². The minimum absolute atomic E-state index is 0.0281. The molecule has 5 nitrogen and oxygen atoms in total. The lowest BCUT2D eigenvalue weighted by atomic mass is 10.2. The summed E-state index contributed by atoms with van der Waals surface area (Å²) in [5.74, 6) is 0. The summed E-state index contributed by atoms with van der Waals surface area (Å²) >= 11 is 0. The first-order valence-corrected chi connectivity index (χ1v) is 7.51. The van der Waals surface area contributed by atoms with E-state index in [0.717, 1.165) is 12.8 Å². The Kier molecular flexibility index (Phi) is 5.58. The third kappa shape index (κ3) is 3.97. The first kappa shape index (κ1) is 14.9. The second-order valence-electron chi connectivity index (χ2n) is 4.13. The van der Waals surface area contributed by atoms with Crippen molar-refractivity contribution in [2.45, 2.75) is 30.7 Å². The molecule has 0 bridgehead atoms. The van der Waals surface area contributed by atoms with Crippen LogP contribution in [0.5, 0.6) is 0 Å². The molecule has 0 saturated carbocycles. The summed E-state index contributed by atoms with van der Waals surface area (Å²) in [4.78, 5) is 0.246. The van der Waals surface area contributed by atoms with Gasteiger partial charge in [-0.15, -0.1) is 0 Å². The zero-order valence-corrected chi connectivity index (χ0v) is 11.6. The number of hydrogen-bond acceptors (Lipinski definition) is 4. The summed E-state index contributed by atoms with van der Waals surface area (Å²) in [6.45, 7) is 2.63. The maximum atomic E-state index is 11.8. The van der Waals surface area contributed by atoms with E-state index in [-0.39, 0.29) is 10.9 Å². The summed E-state index contributed by atoms with van der Waals surface area (Å²) in [6.07, 6.45) is 1.92. The van der Waals surface area contributed by atoms with E-state index in [1.54, 1.807) is 24.3 Å². The average molecular weight is 271 g/mol. The van der Waals surface area contributed by atoms with Gasteiger partial charge in [-0.2, -0.15) is 0 Å². The van der Waals surface area contributed by atoms with Crippen molar-refractivity contribution in [2.75, 3.05) is 18.9 Å². The van der Waals surface area contributed by atoms with Crippen molar-refractivity contribution >= 4 is 15.7 Å². The number of nitrogens with two attached hydrogens (primary N) is 1. The highest BCUT2D eigenvalue weighted by molar-refractivity contribution is 7.89. The van der Waals surface area contributed by atoms with Crippen LogP contribution in [0.4, 0.5) is 5.69 Å². The van der Waals surface area contributed by atoms with Gasteiger partial charge in [0.1, 0.15) is 4.90 Å². The minimum Gasteiger partial charge on any atom is -0.382 e. The molecule has 0 aliphatic rings. The van der Waals surface area contributed by atoms with Crippen molar-refractivity contribution in [1.82, 2.24) is 4.72 Å². The monoisotopic (exact) mass is 271 g/mol. The van der Waals surface area contributed by atoms with E-state index in [0.29, 0.717) is 12.2 Å². The Morgan fingerprint density at radius 1 is 1.33 bits per heavy atom. The Morgan fingerprint density at radius 3 is 2.61 bits per heavy atom. The molecule has 0 aliphatic carbocycles. The van der Waals surface area contributed by atoms with Gasteiger partial charge >= 0.3 is 0 Å². The van der Waals surface area contributed by atoms with Crippen LogP contribution in [0.3, 0.4) is 0 Å². The maximum absolute atomic E-state index is 11.8. The number of hydrogen-bond donors (Lipinski definition) is 3. The van der Waals surface area contributed by atoms with Crippen LogP contribution in [0.25, 0.3) is 0 Å². The number of para-hydroxylation sites is 1. The van der Waals surface area contributed by atoms with Crippen LogP contribution in [0.2, 0.25) is 0 Å². The molecular weight excluding hydrogens is 250 g/mol. The quantitative estimate of drug-likeness (QED) is 0.694. The Morgan fingerprint density at radius 2 is 2.00 bits per heavy atom. The van der Waals surface area contributed by atoms with Gasteiger partial charge in [-0.1, -0.05) is 25.5 Å². The number of rotatable bonds is 7. The van der Waals surface area contributed by atoms with Crippen LogP contribution in [-0.2, 0) is 10.0 Å². The maximum Gasteiger partial charge on any atom is 0.242 e. The molecule has 0 fully saturated rings. The third-order valence-electron chi connectivity index (χ3n) is 2.66. The van der Waals surface area contributed by atoms with Crippen molar-refractivity contribution in [1.29, 1.82) is 0 Å². The summed E-state index contributed by atoms with van der Waals surface area (Å²) in [5, 5.41) is 3.09. The molecule has 0 amide bonds. The summed E-state index contributed by atoms with van der Waals surface area (Å²) in [5.41, 5.74) is 6.48. The Labute approximate surface area is 109 Å². The van der Waals surface area contributed by atoms with Crippen LogP contribution in [0.15, 0.2) is 29.2 Å². The number of sulfonamides is 1. The zero-order chi connectivity index (χ0) is 13.6. The van der Waals surface area contributed by atoms with Crippen molar-refractivity contribution in [2.24, 2.45) is 5.73 Å². The van der Waals surface area contributed by atoms with E-state index < -0.39 is 10.0 Å². The minimum atomic E-state index is -3.44. The van der Waals surface area contributed by atoms with Gasteiger partial charge < -0.3 is 11.1 Å². The van der Waals surface area contributed by atoms with E-state index in [1.165, 1.54) is 7.05 Å². The normalized spacial score (nSPS) is 13.3. The Bertz CT molecular complexity index is 474. The lowest BCUT2D eigenvalue weighted by Gasteiger charge is -2.15. The average Bonchev–Trinajstić information content (AvgIpc) is 2.37. The van der Waals surface area contributed by atoms with E-state index in [1.807, 2.05) is 0 Å². The Balaban J connectivity index is 2.84. The topological polar surface area (TPSA) is 84.2 Å². The summed E-state index contributed by atoms with van der Waals surface area (Å²) < 4.78 is 25.9. The van der Waals surface area contributed by atoms with Crippen LogP contribution >= 0.6 is 0 Å². The molecule has 6 heteroatoms. The van der Waals surface area contributed by atoms with E-state index in [2.05, 4.69) is 17.0 Å². The van der Waals surface area contributed by atoms with E-state index >= 15 is 0 Å². The van der Waals surface area contributed by atoms with Crippen LogP contribution in [0, 0.1) is 0 Å². The van der Waals surface area contributed by atoms with Crippen LogP contribution < -0.4 is 15.8 Å². The Hall–Kier alpha value is -1.11. The van der Waals surface area contributed by atoms with Gasteiger partial charge in [-0.05, 0) is 25.6 Å². The molecule has 0 aromatic heterocycles. The molecule has 1 aromatic carbocycles. The molecule has 0 saturated heterocycles. The van der Waals surface area contributed by atoms with Gasteiger partial charge in [-0.3, -0.25) is 0 Å². The zero-order valence-electron chi connectivity index (χ0n) is 10.8. The molecule has 0 aliphatic heterocycles. The lowest BCUT2D eigenvalue weighted by molar-refractivity contribution is 0.588. The smallest absolute Gasteiger partial charge is 0.242 e. The fraction of sp³-hybridized carbons (Fsp3) is 0.500. The van der Waals surface area contributed by atoms with Crippen molar-refractivity contribution in [3.05, 3.63) is 24.3 Å². The molecule has 4 N–H and O–H groups in total. The molecule has 102 valence electrons. The largest absolute Gasteiger partial charge is 0.382 e.